The van der Waals surface area contributed by atoms with Crippen LogP contribution in [0.4, 0.5) is 0 Å². The van der Waals surface area contributed by atoms with Crippen LogP contribution in [0.3, 0.4) is 0 Å². The Hall–Kier alpha value is -2.75. The second-order valence-corrected chi connectivity index (χ2v) is 16.7. The smallest absolute Gasteiger partial charge is 0.361 e. The van der Waals surface area contributed by atoms with E-state index in [0.717, 1.165) is 77.0 Å². The van der Waals surface area contributed by atoms with Gasteiger partial charge >= 0.3 is 17.9 Å². The van der Waals surface area contributed by atoms with Gasteiger partial charge in [0.25, 0.3) is 6.29 Å². The number of carbonyl (C=O) groups excluding carboxylic acids is 2. The quantitative estimate of drug-likeness (QED) is 0.0213. The van der Waals surface area contributed by atoms with Gasteiger partial charge in [-0.25, -0.2) is 4.79 Å². The molecule has 0 heterocycles. The molecule has 9 heteroatoms. The minimum absolute atomic E-state index is 0.182. The van der Waals surface area contributed by atoms with E-state index in [1.54, 1.807) is 0 Å². The van der Waals surface area contributed by atoms with Gasteiger partial charge in [0, 0.05) is 12.8 Å². The van der Waals surface area contributed by atoms with Crippen molar-refractivity contribution in [3.05, 3.63) is 48.6 Å². The van der Waals surface area contributed by atoms with Crippen LogP contribution in [-0.4, -0.2) is 87.4 Å². The number of rotatable bonds is 42. The second kappa shape index (κ2) is 41.0. The number of esters is 2. The van der Waals surface area contributed by atoms with Crippen LogP contribution in [0.15, 0.2) is 48.6 Å². The van der Waals surface area contributed by atoms with Crippen molar-refractivity contribution in [3.8, 4) is 0 Å². The van der Waals surface area contributed by atoms with Gasteiger partial charge in [-0.05, 0) is 77.0 Å². The number of allylic oxidation sites excluding steroid dienone is 8. The first-order valence-electron chi connectivity index (χ1n) is 23.3. The van der Waals surface area contributed by atoms with E-state index in [-0.39, 0.29) is 38.6 Å². The highest BCUT2D eigenvalue weighted by Crippen LogP contribution is 2.13. The molecule has 0 aliphatic heterocycles. The van der Waals surface area contributed by atoms with Crippen LogP contribution in [0, 0.1) is 0 Å². The lowest BCUT2D eigenvalue weighted by atomic mass is 10.1. The van der Waals surface area contributed by atoms with Crippen molar-refractivity contribution in [3.63, 3.8) is 0 Å². The average Bonchev–Trinajstić information content (AvgIpc) is 3.18. The van der Waals surface area contributed by atoms with E-state index in [9.17, 15) is 19.5 Å². The molecule has 9 nitrogen and oxygen atoms in total. The lowest BCUT2D eigenvalue weighted by Crippen LogP contribution is -2.40. The second-order valence-electron chi connectivity index (χ2n) is 16.7. The maximum atomic E-state index is 12.8. The lowest BCUT2D eigenvalue weighted by Gasteiger charge is -2.25. The molecule has 0 saturated heterocycles. The molecule has 0 aromatic carbocycles. The van der Waals surface area contributed by atoms with E-state index < -0.39 is 24.3 Å². The normalized spacial score (nSPS) is 13.3. The van der Waals surface area contributed by atoms with Crippen molar-refractivity contribution in [2.75, 3.05) is 47.5 Å². The molecule has 0 amide bonds. The fourth-order valence-electron chi connectivity index (χ4n) is 6.13. The van der Waals surface area contributed by atoms with Crippen molar-refractivity contribution >= 4 is 17.9 Å². The maximum Gasteiger partial charge on any atom is 0.361 e. The topological polar surface area (TPSA) is 108 Å². The third-order valence-electron chi connectivity index (χ3n) is 9.81. The van der Waals surface area contributed by atoms with Gasteiger partial charge in [-0.2, -0.15) is 0 Å². The Balaban J connectivity index is 4.46. The fourth-order valence-corrected chi connectivity index (χ4v) is 6.13. The molecule has 0 aromatic heterocycles. The number of hydrogen-bond acceptors (Lipinski definition) is 7. The first kappa shape index (κ1) is 55.2. The summed E-state index contributed by atoms with van der Waals surface area (Å²) in [5.74, 6) is -2.04. The molecule has 0 radical (unpaired) electrons. The molecule has 0 aliphatic rings. The predicted octanol–water partition coefficient (Wildman–Crippen LogP) is 12.4. The predicted molar refractivity (Wildman–Crippen MR) is 240 cm³/mol. The van der Waals surface area contributed by atoms with E-state index in [4.69, 9.17) is 18.9 Å². The van der Waals surface area contributed by atoms with Gasteiger partial charge in [-0.3, -0.25) is 9.59 Å². The van der Waals surface area contributed by atoms with Crippen LogP contribution in [0.2, 0.25) is 0 Å². The van der Waals surface area contributed by atoms with Crippen molar-refractivity contribution in [2.24, 2.45) is 0 Å². The molecule has 0 aromatic rings. The van der Waals surface area contributed by atoms with E-state index in [0.29, 0.717) is 17.4 Å². The first-order valence-corrected chi connectivity index (χ1v) is 23.3. The molecular weight excluding hydrogens is 731 g/mol. The number of quaternary nitrogens is 1. The zero-order valence-electron chi connectivity index (χ0n) is 37.9. The highest BCUT2D eigenvalue weighted by Gasteiger charge is 2.25. The Morgan fingerprint density at radius 3 is 1.40 bits per heavy atom. The maximum absolute atomic E-state index is 12.8. The third kappa shape index (κ3) is 41.4. The summed E-state index contributed by atoms with van der Waals surface area (Å²) in [7, 11) is 5.95. The minimum Gasteiger partial charge on any atom is -0.477 e. The molecular formula is C49H88NO8+. The zero-order valence-corrected chi connectivity index (χ0v) is 37.9. The summed E-state index contributed by atoms with van der Waals surface area (Å²) in [4.78, 5) is 37.1. The van der Waals surface area contributed by atoms with Gasteiger partial charge in [0.15, 0.2) is 6.10 Å². The first-order chi connectivity index (χ1) is 28.1. The lowest BCUT2D eigenvalue weighted by molar-refractivity contribution is -0.870. The standard InChI is InChI=1S/C49H87NO8/c1-6-8-10-12-14-16-18-20-22-23-24-26-28-30-32-34-36-38-40-47(52)58-45(44-57-49(48(53)54)55-42-41-50(3,4)5)43-56-46(51)39-37-35-33-31-29-27-25-21-19-17-15-13-11-9-7-2/h15-18,21-23,25,45,49H,6-14,19-20,24,26-44H2,1-5H3/p+1/b17-15-,18-16-,23-22-,25-21-. The van der Waals surface area contributed by atoms with E-state index in [2.05, 4.69) is 62.5 Å². The third-order valence-corrected chi connectivity index (χ3v) is 9.81. The number of carboxylic acid groups (broad SMARTS) is 1. The number of aliphatic carboxylic acids is 1. The SMILES string of the molecule is CCCCC/C=C\C/C=C\CCCCCCCC(=O)OCC(COC(OCC[N+](C)(C)C)C(=O)O)OC(=O)CCCCCCCCC/C=C\C/C=C\CCCCCC. The number of unbranched alkanes of at least 4 members (excludes halogenated alkanes) is 19. The van der Waals surface area contributed by atoms with Crippen molar-refractivity contribution in [1.29, 1.82) is 0 Å². The van der Waals surface area contributed by atoms with Crippen LogP contribution in [0.1, 0.15) is 187 Å². The highest BCUT2D eigenvalue weighted by atomic mass is 16.7. The molecule has 58 heavy (non-hydrogen) atoms. The molecule has 0 rings (SSSR count). The number of nitrogens with zero attached hydrogens (tertiary/aromatic N) is 1. The summed E-state index contributed by atoms with van der Waals surface area (Å²) >= 11 is 0. The van der Waals surface area contributed by atoms with Gasteiger partial charge in [-0.15, -0.1) is 0 Å². The van der Waals surface area contributed by atoms with E-state index in [1.165, 1.54) is 77.0 Å². The van der Waals surface area contributed by atoms with Gasteiger partial charge < -0.3 is 28.5 Å². The fraction of sp³-hybridized carbons (Fsp3) is 0.776. The number of ether oxygens (including phenoxy) is 4. The van der Waals surface area contributed by atoms with Crippen LogP contribution < -0.4 is 0 Å². The van der Waals surface area contributed by atoms with Crippen LogP contribution in [0.5, 0.6) is 0 Å². The molecule has 0 saturated carbocycles. The Labute approximate surface area is 355 Å². The van der Waals surface area contributed by atoms with Crippen molar-refractivity contribution in [1.82, 2.24) is 0 Å². The van der Waals surface area contributed by atoms with Gasteiger partial charge in [0.05, 0.1) is 34.4 Å². The summed E-state index contributed by atoms with van der Waals surface area (Å²) in [5.41, 5.74) is 0. The summed E-state index contributed by atoms with van der Waals surface area (Å²) in [6.07, 6.45) is 44.5. The Morgan fingerprint density at radius 2 is 0.931 bits per heavy atom. The highest BCUT2D eigenvalue weighted by molar-refractivity contribution is 5.71. The monoisotopic (exact) mass is 819 g/mol. The molecule has 0 spiro atoms. The summed E-state index contributed by atoms with van der Waals surface area (Å²) in [6.45, 7) is 4.80. The largest absolute Gasteiger partial charge is 0.477 e. The van der Waals surface area contributed by atoms with Crippen molar-refractivity contribution < 1.29 is 42.9 Å². The zero-order chi connectivity index (χ0) is 42.8. The van der Waals surface area contributed by atoms with Crippen molar-refractivity contribution in [2.45, 2.75) is 200 Å². The van der Waals surface area contributed by atoms with Crippen LogP contribution >= 0.6 is 0 Å². The van der Waals surface area contributed by atoms with E-state index >= 15 is 0 Å². The van der Waals surface area contributed by atoms with Crippen LogP contribution in [-0.2, 0) is 33.3 Å². The Kier molecular flexibility index (Phi) is 39.1. The molecule has 0 fully saturated rings. The summed E-state index contributed by atoms with van der Waals surface area (Å²) in [5, 5.41) is 9.64. The number of hydrogen-bond donors (Lipinski definition) is 1. The van der Waals surface area contributed by atoms with Crippen LogP contribution in [0.25, 0.3) is 0 Å². The molecule has 0 bridgehead atoms. The Morgan fingerprint density at radius 1 is 0.517 bits per heavy atom. The molecule has 0 aliphatic carbocycles. The minimum atomic E-state index is -1.51. The summed E-state index contributed by atoms with van der Waals surface area (Å²) < 4.78 is 22.7. The Bertz CT molecular complexity index is 1090. The molecule has 336 valence electrons. The molecule has 1 N–H and O–H groups in total. The molecule has 2 atom stereocenters. The molecule has 2 unspecified atom stereocenters. The summed E-state index contributed by atoms with van der Waals surface area (Å²) in [6, 6.07) is 0. The van der Waals surface area contributed by atoms with E-state index in [1.807, 2.05) is 21.1 Å². The van der Waals surface area contributed by atoms with Gasteiger partial charge in [0.1, 0.15) is 13.2 Å². The number of carboxylic acids is 1. The number of likely N-dealkylation sites (N-methyl/N-ethyl adjacent to an activating group) is 1. The average molecular weight is 819 g/mol. The number of carbonyl (C=O) groups is 3. The van der Waals surface area contributed by atoms with Gasteiger partial charge in [-0.1, -0.05) is 146 Å². The van der Waals surface area contributed by atoms with Gasteiger partial charge in [0.2, 0.25) is 0 Å².